The second-order valence-corrected chi connectivity index (χ2v) is 6.81. The Labute approximate surface area is 174 Å². The van der Waals surface area contributed by atoms with Crippen LogP contribution in [0.15, 0.2) is 53.5 Å². The van der Waals surface area contributed by atoms with Gasteiger partial charge in [-0.1, -0.05) is 35.9 Å². The van der Waals surface area contributed by atoms with Gasteiger partial charge in [0, 0.05) is 10.6 Å². The van der Waals surface area contributed by atoms with Gasteiger partial charge in [-0.25, -0.2) is 0 Å². The van der Waals surface area contributed by atoms with Gasteiger partial charge in [-0.2, -0.15) is 0 Å². The number of rotatable bonds is 7. The summed E-state index contributed by atoms with van der Waals surface area (Å²) < 4.78 is 11.2. The van der Waals surface area contributed by atoms with E-state index in [0.29, 0.717) is 27.4 Å². The van der Waals surface area contributed by atoms with Crippen LogP contribution < -0.4 is 20.3 Å². The second kappa shape index (κ2) is 10.2. The van der Waals surface area contributed by atoms with Gasteiger partial charge in [0.15, 0.2) is 12.4 Å². The van der Waals surface area contributed by atoms with Gasteiger partial charge in [0.1, 0.15) is 12.4 Å². The average molecular weight is 474 g/mol. The maximum absolute atomic E-state index is 12.0. The van der Waals surface area contributed by atoms with Crippen LogP contribution in [-0.2, 0) is 4.79 Å². The van der Waals surface area contributed by atoms with Crippen LogP contribution in [0.2, 0.25) is 10.0 Å². The standard InChI is InChI=1S/C18H15BrCl2N2O4/c1-2-7-26-13-5-3-11(4-6-13)18(25)23-22-16(24)10-27-17-14(19)8-12(20)9-15(17)21/h2-6,8-9H,1,7,10H2,(H,22,24)(H,23,25). The molecule has 0 unspecified atom stereocenters. The van der Waals surface area contributed by atoms with Gasteiger partial charge in [0.05, 0.1) is 9.50 Å². The van der Waals surface area contributed by atoms with E-state index in [2.05, 4.69) is 33.4 Å². The smallest absolute Gasteiger partial charge is 0.276 e. The lowest BCUT2D eigenvalue weighted by Gasteiger charge is -2.11. The molecule has 0 radical (unpaired) electrons. The summed E-state index contributed by atoms with van der Waals surface area (Å²) in [6, 6.07) is 9.50. The maximum Gasteiger partial charge on any atom is 0.276 e. The van der Waals surface area contributed by atoms with E-state index >= 15 is 0 Å². The van der Waals surface area contributed by atoms with Crippen molar-refractivity contribution in [3.05, 3.63) is 69.1 Å². The predicted octanol–water partition coefficient (Wildman–Crippen LogP) is 4.16. The third-order valence-electron chi connectivity index (χ3n) is 3.11. The summed E-state index contributed by atoms with van der Waals surface area (Å²) in [5, 5.41) is 0.682. The second-order valence-electron chi connectivity index (χ2n) is 5.11. The number of nitrogens with one attached hydrogen (secondary N) is 2. The number of benzene rings is 2. The SMILES string of the molecule is C=CCOc1ccc(C(=O)NNC(=O)COc2c(Cl)cc(Cl)cc2Br)cc1. The summed E-state index contributed by atoms with van der Waals surface area (Å²) in [5.41, 5.74) is 4.91. The van der Waals surface area contributed by atoms with E-state index < -0.39 is 11.8 Å². The summed E-state index contributed by atoms with van der Waals surface area (Å²) in [6.07, 6.45) is 1.62. The number of halogens is 3. The molecule has 0 atom stereocenters. The Kier molecular flexibility index (Phi) is 7.97. The molecule has 2 amide bonds. The van der Waals surface area contributed by atoms with Crippen LogP contribution in [0.25, 0.3) is 0 Å². The largest absolute Gasteiger partial charge is 0.490 e. The molecular weight excluding hydrogens is 459 g/mol. The molecule has 0 aliphatic rings. The molecule has 0 heterocycles. The lowest BCUT2D eigenvalue weighted by atomic mass is 10.2. The fourth-order valence-corrected chi connectivity index (χ4v) is 3.27. The minimum absolute atomic E-state index is 0.255. The number of ether oxygens (including phenoxy) is 2. The predicted molar refractivity (Wildman–Crippen MR) is 107 cm³/mol. The van der Waals surface area contributed by atoms with Gasteiger partial charge in [-0.15, -0.1) is 0 Å². The van der Waals surface area contributed by atoms with Crippen LogP contribution in [-0.4, -0.2) is 25.0 Å². The zero-order valence-electron chi connectivity index (χ0n) is 13.9. The average Bonchev–Trinajstić information content (AvgIpc) is 2.64. The van der Waals surface area contributed by atoms with Gasteiger partial charge < -0.3 is 9.47 Å². The molecular formula is C18H15BrCl2N2O4. The maximum atomic E-state index is 12.0. The normalized spacial score (nSPS) is 10.0. The van der Waals surface area contributed by atoms with Gasteiger partial charge in [0.2, 0.25) is 0 Å². The van der Waals surface area contributed by atoms with E-state index in [0.717, 1.165) is 0 Å². The van der Waals surface area contributed by atoms with Crippen LogP contribution in [0.3, 0.4) is 0 Å². The Balaban J connectivity index is 1.83. The number of carbonyl (C=O) groups is 2. The molecule has 0 fully saturated rings. The highest BCUT2D eigenvalue weighted by Gasteiger charge is 2.12. The van der Waals surface area contributed by atoms with Crippen LogP contribution >= 0.6 is 39.1 Å². The van der Waals surface area contributed by atoms with Crippen LogP contribution in [0.4, 0.5) is 0 Å². The summed E-state index contributed by atoms with van der Waals surface area (Å²) in [6.45, 7) is 3.57. The zero-order valence-corrected chi connectivity index (χ0v) is 17.0. The zero-order chi connectivity index (χ0) is 19.8. The van der Waals surface area contributed by atoms with E-state index in [1.807, 2.05) is 0 Å². The fraction of sp³-hybridized carbons (Fsp3) is 0.111. The Hall–Kier alpha value is -2.22. The first-order chi connectivity index (χ1) is 12.9. The highest BCUT2D eigenvalue weighted by Crippen LogP contribution is 2.35. The molecule has 2 N–H and O–H groups in total. The molecule has 2 aromatic carbocycles. The van der Waals surface area contributed by atoms with Crippen LogP contribution in [0.5, 0.6) is 11.5 Å². The number of amides is 2. The third-order valence-corrected chi connectivity index (χ3v) is 4.20. The molecule has 9 heteroatoms. The van der Waals surface area contributed by atoms with Crippen LogP contribution in [0, 0.1) is 0 Å². The number of hydrazine groups is 1. The molecule has 0 aliphatic heterocycles. The Morgan fingerprint density at radius 1 is 1.11 bits per heavy atom. The van der Waals surface area contributed by atoms with Gasteiger partial charge in [-0.05, 0) is 52.3 Å². The quantitative estimate of drug-likeness (QED) is 0.467. The van der Waals surface area contributed by atoms with Crippen molar-refractivity contribution in [2.45, 2.75) is 0 Å². The van der Waals surface area contributed by atoms with Crippen molar-refractivity contribution in [1.82, 2.24) is 10.9 Å². The van der Waals surface area contributed by atoms with Crippen molar-refractivity contribution in [2.24, 2.45) is 0 Å². The molecule has 0 bridgehead atoms. The lowest BCUT2D eigenvalue weighted by molar-refractivity contribution is -0.123. The Morgan fingerprint density at radius 2 is 1.81 bits per heavy atom. The van der Waals surface area contributed by atoms with Crippen molar-refractivity contribution >= 4 is 50.9 Å². The van der Waals surface area contributed by atoms with E-state index in [-0.39, 0.29) is 17.4 Å². The highest BCUT2D eigenvalue weighted by atomic mass is 79.9. The first-order valence-corrected chi connectivity index (χ1v) is 9.16. The molecule has 0 aromatic heterocycles. The number of hydrogen-bond donors (Lipinski definition) is 2. The molecule has 0 spiro atoms. The summed E-state index contributed by atoms with van der Waals surface area (Å²) in [4.78, 5) is 23.9. The lowest BCUT2D eigenvalue weighted by Crippen LogP contribution is -2.43. The van der Waals surface area contributed by atoms with Gasteiger partial charge >= 0.3 is 0 Å². The van der Waals surface area contributed by atoms with Crippen molar-refractivity contribution in [1.29, 1.82) is 0 Å². The van der Waals surface area contributed by atoms with Crippen molar-refractivity contribution in [3.63, 3.8) is 0 Å². The highest BCUT2D eigenvalue weighted by molar-refractivity contribution is 9.10. The molecule has 0 saturated carbocycles. The topological polar surface area (TPSA) is 76.7 Å². The fourth-order valence-electron chi connectivity index (χ4n) is 1.90. The molecule has 6 nitrogen and oxygen atoms in total. The Bertz CT molecular complexity index is 821. The molecule has 142 valence electrons. The monoisotopic (exact) mass is 472 g/mol. The van der Waals surface area contributed by atoms with E-state index in [9.17, 15) is 9.59 Å². The molecule has 2 aromatic rings. The number of carbonyl (C=O) groups excluding carboxylic acids is 2. The summed E-state index contributed by atoms with van der Waals surface area (Å²) in [7, 11) is 0. The first kappa shape index (κ1) is 21.1. The number of hydrogen-bond acceptors (Lipinski definition) is 4. The van der Waals surface area contributed by atoms with E-state index in [4.69, 9.17) is 32.7 Å². The van der Waals surface area contributed by atoms with Gasteiger partial charge in [0.25, 0.3) is 11.8 Å². The first-order valence-electron chi connectivity index (χ1n) is 7.61. The van der Waals surface area contributed by atoms with Crippen LogP contribution in [0.1, 0.15) is 10.4 Å². The molecule has 0 saturated heterocycles. The minimum Gasteiger partial charge on any atom is -0.490 e. The Morgan fingerprint density at radius 3 is 2.44 bits per heavy atom. The molecule has 2 rings (SSSR count). The third kappa shape index (κ3) is 6.46. The van der Waals surface area contributed by atoms with Gasteiger partial charge in [-0.3, -0.25) is 20.4 Å². The van der Waals surface area contributed by atoms with E-state index in [1.165, 1.54) is 6.07 Å². The minimum atomic E-state index is -0.563. The molecule has 0 aliphatic carbocycles. The summed E-state index contributed by atoms with van der Waals surface area (Å²) >= 11 is 15.1. The van der Waals surface area contributed by atoms with Crippen molar-refractivity contribution in [3.8, 4) is 11.5 Å². The molecule has 27 heavy (non-hydrogen) atoms. The van der Waals surface area contributed by atoms with Crippen molar-refractivity contribution < 1.29 is 19.1 Å². The summed E-state index contributed by atoms with van der Waals surface area (Å²) in [5.74, 6) is -0.163. The van der Waals surface area contributed by atoms with E-state index in [1.54, 1.807) is 36.4 Å². The van der Waals surface area contributed by atoms with Crippen molar-refractivity contribution in [2.75, 3.05) is 13.2 Å².